The van der Waals surface area contributed by atoms with Gasteiger partial charge in [0, 0.05) is 30.7 Å². The Morgan fingerprint density at radius 3 is 2.97 bits per heavy atom. The standard InChI is InChI=1S/C23H29NO4S/c1-4-5-6-8-17(2)20(25)13-10-18-11-15-22(26)24(18)16-7-9-19-12-14-21(29-19)23(27)28-3/h7,9-10,12-14,17-18,20,25H,4,8,11,15-16H2,1-3H3/b9-7-,13-10+/t17?,18-,20+/m0/s1. The maximum Gasteiger partial charge on any atom is 0.348 e. The molecular formula is C23H29NO4S. The highest BCUT2D eigenvalue weighted by Gasteiger charge is 2.28. The van der Waals surface area contributed by atoms with Gasteiger partial charge in [-0.05, 0) is 30.5 Å². The lowest BCUT2D eigenvalue weighted by molar-refractivity contribution is -0.127. The first kappa shape index (κ1) is 22.9. The van der Waals surface area contributed by atoms with Crippen molar-refractivity contribution in [3.05, 3.63) is 40.1 Å². The zero-order valence-electron chi connectivity index (χ0n) is 17.3. The van der Waals surface area contributed by atoms with Gasteiger partial charge in [-0.25, -0.2) is 4.79 Å². The number of aliphatic hydroxyl groups excluding tert-OH is 1. The number of aliphatic hydroxyl groups is 1. The molecule has 1 saturated heterocycles. The lowest BCUT2D eigenvalue weighted by atomic mass is 10.00. The van der Waals surface area contributed by atoms with Gasteiger partial charge in [0.05, 0.1) is 19.3 Å². The molecule has 0 aliphatic carbocycles. The predicted molar refractivity (Wildman–Crippen MR) is 116 cm³/mol. The average molecular weight is 416 g/mol. The molecule has 2 heterocycles. The third-order valence-corrected chi connectivity index (χ3v) is 5.84. The van der Waals surface area contributed by atoms with Gasteiger partial charge in [-0.1, -0.05) is 32.1 Å². The van der Waals surface area contributed by atoms with Gasteiger partial charge in [-0.2, -0.15) is 0 Å². The van der Waals surface area contributed by atoms with Crippen LogP contribution in [0.4, 0.5) is 0 Å². The number of thiophene rings is 1. The largest absolute Gasteiger partial charge is 0.465 e. The summed E-state index contributed by atoms with van der Waals surface area (Å²) in [5.41, 5.74) is 0. The van der Waals surface area contributed by atoms with Crippen LogP contribution >= 0.6 is 11.3 Å². The second-order valence-corrected chi connectivity index (χ2v) is 8.13. The summed E-state index contributed by atoms with van der Waals surface area (Å²) in [6.07, 6.45) is 9.74. The molecule has 1 aromatic rings. The number of ether oxygens (including phenoxy) is 1. The Hall–Kier alpha value is -2.36. The molecule has 1 unspecified atom stereocenters. The molecule has 29 heavy (non-hydrogen) atoms. The van der Waals surface area contributed by atoms with E-state index in [-0.39, 0.29) is 23.8 Å². The third kappa shape index (κ3) is 6.88. The Morgan fingerprint density at radius 2 is 2.24 bits per heavy atom. The molecule has 0 bridgehead atoms. The van der Waals surface area contributed by atoms with Crippen LogP contribution < -0.4 is 0 Å². The summed E-state index contributed by atoms with van der Waals surface area (Å²) in [5, 5.41) is 10.3. The van der Waals surface area contributed by atoms with Crippen LogP contribution in [0.15, 0.2) is 30.4 Å². The van der Waals surface area contributed by atoms with E-state index < -0.39 is 6.10 Å². The first-order valence-electron chi connectivity index (χ1n) is 9.92. The van der Waals surface area contributed by atoms with Crippen LogP contribution in [0, 0.1) is 17.8 Å². The lowest BCUT2D eigenvalue weighted by Crippen LogP contribution is -2.32. The summed E-state index contributed by atoms with van der Waals surface area (Å²) in [6, 6.07) is 3.58. The topological polar surface area (TPSA) is 66.8 Å². The molecule has 0 radical (unpaired) electrons. The summed E-state index contributed by atoms with van der Waals surface area (Å²) in [7, 11) is 1.36. The molecule has 1 aliphatic heterocycles. The smallest absolute Gasteiger partial charge is 0.348 e. The van der Waals surface area contributed by atoms with Crippen molar-refractivity contribution in [2.45, 2.75) is 51.7 Å². The Bertz CT molecular complexity index is 814. The number of amides is 1. The molecule has 6 heteroatoms. The van der Waals surface area contributed by atoms with Gasteiger partial charge >= 0.3 is 5.97 Å². The minimum absolute atomic E-state index is 0.00954. The van der Waals surface area contributed by atoms with Crippen molar-refractivity contribution in [3.8, 4) is 11.8 Å². The van der Waals surface area contributed by atoms with Crippen LogP contribution in [0.1, 0.15) is 54.1 Å². The quantitative estimate of drug-likeness (QED) is 0.397. The summed E-state index contributed by atoms with van der Waals surface area (Å²) >= 11 is 1.35. The first-order valence-corrected chi connectivity index (χ1v) is 10.7. The van der Waals surface area contributed by atoms with Crippen LogP contribution in [-0.2, 0) is 9.53 Å². The average Bonchev–Trinajstić information content (AvgIpc) is 3.33. The number of esters is 1. The van der Waals surface area contributed by atoms with Crippen LogP contribution in [0.25, 0.3) is 6.08 Å². The van der Waals surface area contributed by atoms with Gasteiger partial charge in [-0.3, -0.25) is 4.79 Å². The summed E-state index contributed by atoms with van der Waals surface area (Å²) in [5.74, 6) is 5.91. The fourth-order valence-electron chi connectivity index (χ4n) is 3.04. The number of carbonyl (C=O) groups is 2. The Balaban J connectivity index is 1.92. The number of nitrogens with zero attached hydrogens (tertiary/aromatic N) is 1. The minimum Gasteiger partial charge on any atom is -0.465 e. The zero-order valence-corrected chi connectivity index (χ0v) is 18.1. The van der Waals surface area contributed by atoms with Crippen LogP contribution in [0.5, 0.6) is 0 Å². The summed E-state index contributed by atoms with van der Waals surface area (Å²) in [6.45, 7) is 4.47. The van der Waals surface area contributed by atoms with Crippen LogP contribution in [0.2, 0.25) is 0 Å². The molecule has 1 amide bonds. The van der Waals surface area contributed by atoms with E-state index in [2.05, 4.69) is 11.8 Å². The molecule has 156 valence electrons. The van der Waals surface area contributed by atoms with Crippen molar-refractivity contribution < 1.29 is 19.4 Å². The molecule has 3 atom stereocenters. The fourth-order valence-corrected chi connectivity index (χ4v) is 3.90. The maximum atomic E-state index is 12.2. The van der Waals surface area contributed by atoms with Crippen molar-refractivity contribution in [2.24, 2.45) is 5.92 Å². The molecule has 0 spiro atoms. The van der Waals surface area contributed by atoms with E-state index in [1.54, 1.807) is 12.1 Å². The Labute approximate surface area is 177 Å². The summed E-state index contributed by atoms with van der Waals surface area (Å²) < 4.78 is 4.71. The van der Waals surface area contributed by atoms with E-state index in [1.807, 2.05) is 43.0 Å². The second-order valence-electron chi connectivity index (χ2n) is 7.01. The van der Waals surface area contributed by atoms with E-state index in [9.17, 15) is 14.7 Å². The SMILES string of the molecule is CCC#CCC(C)[C@H](O)/C=C/[C@H]1CCC(=O)N1C/C=C\c1ccc(C(=O)OC)s1. The van der Waals surface area contributed by atoms with E-state index in [4.69, 9.17) is 4.74 Å². The number of hydrogen-bond donors (Lipinski definition) is 1. The first-order chi connectivity index (χ1) is 14.0. The van der Waals surface area contributed by atoms with Crippen molar-refractivity contribution in [2.75, 3.05) is 13.7 Å². The normalized spacial score (nSPS) is 18.8. The molecule has 0 aromatic carbocycles. The van der Waals surface area contributed by atoms with Crippen molar-refractivity contribution in [1.29, 1.82) is 0 Å². The number of rotatable bonds is 8. The minimum atomic E-state index is -0.572. The predicted octanol–water partition coefficient (Wildman–Crippen LogP) is 3.90. The summed E-state index contributed by atoms with van der Waals surface area (Å²) in [4.78, 5) is 27.1. The van der Waals surface area contributed by atoms with Gasteiger partial charge in [0.25, 0.3) is 0 Å². The van der Waals surface area contributed by atoms with Gasteiger partial charge < -0.3 is 14.7 Å². The lowest BCUT2D eigenvalue weighted by Gasteiger charge is -2.21. The monoisotopic (exact) mass is 415 g/mol. The highest BCUT2D eigenvalue weighted by atomic mass is 32.1. The zero-order chi connectivity index (χ0) is 21.2. The van der Waals surface area contributed by atoms with E-state index in [0.29, 0.717) is 24.3 Å². The highest BCUT2D eigenvalue weighted by molar-refractivity contribution is 7.14. The molecule has 0 saturated carbocycles. The Kier molecular flexibility index (Phi) is 9.17. The molecule has 1 aliphatic rings. The molecule has 1 N–H and O–H groups in total. The molecule has 1 aromatic heterocycles. The fraction of sp³-hybridized carbons (Fsp3) is 0.478. The van der Waals surface area contributed by atoms with Crippen LogP contribution in [0.3, 0.4) is 0 Å². The maximum absolute atomic E-state index is 12.2. The van der Waals surface area contributed by atoms with Gasteiger partial charge in [-0.15, -0.1) is 23.2 Å². The van der Waals surface area contributed by atoms with Gasteiger partial charge in [0.2, 0.25) is 5.91 Å². The molecule has 5 nitrogen and oxygen atoms in total. The van der Waals surface area contributed by atoms with Crippen LogP contribution in [-0.4, -0.2) is 47.7 Å². The number of methoxy groups -OCH3 is 1. The number of likely N-dealkylation sites (tertiary alicyclic amines) is 1. The van der Waals surface area contributed by atoms with Crippen molar-refractivity contribution in [1.82, 2.24) is 4.90 Å². The van der Waals surface area contributed by atoms with Crippen molar-refractivity contribution in [3.63, 3.8) is 0 Å². The Morgan fingerprint density at radius 1 is 1.45 bits per heavy atom. The highest BCUT2D eigenvalue weighted by Crippen LogP contribution is 2.22. The van der Waals surface area contributed by atoms with Gasteiger partial charge in [0.1, 0.15) is 4.88 Å². The number of carbonyl (C=O) groups excluding carboxylic acids is 2. The van der Waals surface area contributed by atoms with E-state index >= 15 is 0 Å². The van der Waals surface area contributed by atoms with E-state index in [1.165, 1.54) is 18.4 Å². The molecule has 2 rings (SSSR count). The number of hydrogen-bond acceptors (Lipinski definition) is 5. The molecule has 1 fully saturated rings. The molecular weight excluding hydrogens is 386 g/mol. The van der Waals surface area contributed by atoms with Gasteiger partial charge in [0.15, 0.2) is 0 Å². The third-order valence-electron chi connectivity index (χ3n) is 4.81. The second kappa shape index (κ2) is 11.6. The van der Waals surface area contributed by atoms with E-state index in [0.717, 1.165) is 17.7 Å². The van der Waals surface area contributed by atoms with Crippen molar-refractivity contribution >= 4 is 29.3 Å².